The molecule has 41 heavy (non-hydrogen) atoms. The van der Waals surface area contributed by atoms with Crippen LogP contribution in [0.1, 0.15) is 68.2 Å². The normalized spacial score (nSPS) is 24.9. The average molecular weight is 591 g/mol. The molecule has 0 aromatic heterocycles. The number of rotatable bonds is 7. The predicted octanol–water partition coefficient (Wildman–Crippen LogP) is 2.56. The Balaban J connectivity index is 1.53. The van der Waals surface area contributed by atoms with E-state index in [2.05, 4.69) is 15.4 Å². The fraction of sp³-hybridized carbons (Fsp3) is 0.655. The third kappa shape index (κ3) is 6.22. The lowest BCUT2D eigenvalue weighted by molar-refractivity contribution is -0.144. The second kappa shape index (κ2) is 9.99. The molecule has 226 valence electrons. The van der Waals surface area contributed by atoms with Gasteiger partial charge in [0.1, 0.15) is 23.2 Å². The van der Waals surface area contributed by atoms with E-state index in [0.29, 0.717) is 6.54 Å². The summed E-state index contributed by atoms with van der Waals surface area (Å²) >= 11 is 0. The van der Waals surface area contributed by atoms with Crippen LogP contribution in [0.3, 0.4) is 0 Å². The highest BCUT2D eigenvalue weighted by Crippen LogP contribution is 2.65. The number of nitrogens with zero attached hydrogens (tertiary/aromatic N) is 1. The van der Waals surface area contributed by atoms with Crippen molar-refractivity contribution < 1.29 is 32.3 Å². The van der Waals surface area contributed by atoms with Gasteiger partial charge < -0.3 is 20.3 Å². The molecular weight excluding hydrogens is 548 g/mol. The zero-order valence-corrected chi connectivity index (χ0v) is 25.8. The molecule has 11 nitrogen and oxygen atoms in total. The summed E-state index contributed by atoms with van der Waals surface area (Å²) in [6, 6.07) is 5.68. The molecule has 1 aromatic carbocycles. The number of amides is 4. The van der Waals surface area contributed by atoms with Gasteiger partial charge in [-0.3, -0.25) is 14.4 Å². The lowest BCUT2D eigenvalue weighted by atomic mass is 9.85. The molecule has 4 atom stereocenters. The summed E-state index contributed by atoms with van der Waals surface area (Å²) in [5.41, 5.74) is -3.02. The van der Waals surface area contributed by atoms with Gasteiger partial charge in [0.15, 0.2) is 0 Å². The molecule has 1 aromatic rings. The number of alkyl carbamates (subject to hydrolysis) is 1. The van der Waals surface area contributed by atoms with Crippen LogP contribution in [0, 0.1) is 22.7 Å². The van der Waals surface area contributed by atoms with E-state index in [9.17, 15) is 27.6 Å². The number of hydrogen-bond acceptors (Lipinski definition) is 7. The summed E-state index contributed by atoms with van der Waals surface area (Å²) < 4.78 is 33.0. The highest BCUT2D eigenvalue weighted by Gasteiger charge is 2.70. The molecule has 3 N–H and O–H groups in total. The van der Waals surface area contributed by atoms with Crippen molar-refractivity contribution in [3.05, 3.63) is 30.3 Å². The highest BCUT2D eigenvalue weighted by molar-refractivity contribution is 7.90. The van der Waals surface area contributed by atoms with Gasteiger partial charge in [0.25, 0.3) is 15.9 Å². The van der Waals surface area contributed by atoms with E-state index >= 15 is 0 Å². The lowest BCUT2D eigenvalue weighted by Gasteiger charge is -2.38. The number of ether oxygens (including phenoxy) is 1. The lowest BCUT2D eigenvalue weighted by Crippen LogP contribution is -2.61. The number of piperidine rings is 1. The standard InChI is InChI=1S/C29H42N4O7S/c1-26(2,3)21(30-25(37)40-27(4,5)6)23(35)33-16-18-19(28(18,7)8)20(33)22(34)31-29(14-15-29)24(36)32-41(38,39)17-12-10-9-11-13-17/h9-13,18-21H,14-16H2,1-8H3,(H,30,37)(H,31,34)(H,32,36). The topological polar surface area (TPSA) is 151 Å². The molecule has 1 saturated heterocycles. The zero-order valence-electron chi connectivity index (χ0n) is 25.0. The number of sulfonamides is 1. The number of nitrogens with one attached hydrogen (secondary N) is 3. The molecule has 2 saturated carbocycles. The van der Waals surface area contributed by atoms with Gasteiger partial charge in [0.2, 0.25) is 11.8 Å². The maximum absolute atomic E-state index is 14.0. The fourth-order valence-corrected chi connectivity index (χ4v) is 6.85. The summed E-state index contributed by atoms with van der Waals surface area (Å²) in [4.78, 5) is 55.0. The highest BCUT2D eigenvalue weighted by atomic mass is 32.2. The van der Waals surface area contributed by atoms with Crippen molar-refractivity contribution in [3.63, 3.8) is 0 Å². The first kappa shape index (κ1) is 30.8. The minimum atomic E-state index is -4.12. The molecule has 0 spiro atoms. The van der Waals surface area contributed by atoms with Gasteiger partial charge in [-0.1, -0.05) is 52.8 Å². The predicted molar refractivity (Wildman–Crippen MR) is 151 cm³/mol. The van der Waals surface area contributed by atoms with Gasteiger partial charge in [-0.15, -0.1) is 0 Å². The van der Waals surface area contributed by atoms with Crippen LogP contribution in [-0.2, 0) is 29.1 Å². The molecule has 0 bridgehead atoms. The Morgan fingerprint density at radius 1 is 1.00 bits per heavy atom. The Morgan fingerprint density at radius 3 is 2.10 bits per heavy atom. The number of benzene rings is 1. The number of likely N-dealkylation sites (tertiary alicyclic amines) is 1. The van der Waals surface area contributed by atoms with E-state index in [1.165, 1.54) is 17.0 Å². The number of carbonyl (C=O) groups excluding carboxylic acids is 4. The van der Waals surface area contributed by atoms with Crippen LogP contribution in [0.2, 0.25) is 0 Å². The molecule has 1 heterocycles. The largest absolute Gasteiger partial charge is 0.444 e. The molecule has 4 amide bonds. The van der Waals surface area contributed by atoms with E-state index in [4.69, 9.17) is 4.74 Å². The maximum Gasteiger partial charge on any atom is 0.408 e. The second-order valence-electron chi connectivity index (χ2n) is 14.2. The van der Waals surface area contributed by atoms with Crippen LogP contribution in [0.4, 0.5) is 4.79 Å². The summed E-state index contributed by atoms with van der Waals surface area (Å²) in [7, 11) is -4.12. The summed E-state index contributed by atoms with van der Waals surface area (Å²) in [5, 5.41) is 5.50. The first-order valence-corrected chi connectivity index (χ1v) is 15.4. The number of carbonyl (C=O) groups is 4. The Morgan fingerprint density at radius 2 is 1.59 bits per heavy atom. The van der Waals surface area contributed by atoms with Crippen molar-refractivity contribution in [2.45, 2.75) is 96.4 Å². The first-order valence-electron chi connectivity index (χ1n) is 13.9. The Kier molecular flexibility index (Phi) is 7.51. The van der Waals surface area contributed by atoms with Crippen LogP contribution in [0.25, 0.3) is 0 Å². The van der Waals surface area contributed by atoms with Gasteiger partial charge in [0.05, 0.1) is 4.90 Å². The van der Waals surface area contributed by atoms with Gasteiger partial charge >= 0.3 is 6.09 Å². The van der Waals surface area contributed by atoms with Crippen LogP contribution in [-0.4, -0.2) is 66.9 Å². The molecule has 1 aliphatic heterocycles. The van der Waals surface area contributed by atoms with Gasteiger partial charge in [-0.2, -0.15) is 0 Å². The first-order chi connectivity index (χ1) is 18.7. The zero-order chi connectivity index (χ0) is 30.8. The van der Waals surface area contributed by atoms with E-state index in [1.807, 2.05) is 34.6 Å². The van der Waals surface area contributed by atoms with Crippen molar-refractivity contribution in [2.75, 3.05) is 6.54 Å². The van der Waals surface area contributed by atoms with Crippen LogP contribution < -0.4 is 15.4 Å². The van der Waals surface area contributed by atoms with E-state index in [1.54, 1.807) is 39.0 Å². The Hall–Kier alpha value is -3.15. The van der Waals surface area contributed by atoms with Crippen LogP contribution in [0.5, 0.6) is 0 Å². The Labute approximate surface area is 242 Å². The maximum atomic E-state index is 14.0. The third-order valence-corrected chi connectivity index (χ3v) is 9.71. The molecular formula is C29H42N4O7S. The van der Waals surface area contributed by atoms with Crippen molar-refractivity contribution >= 4 is 33.8 Å². The average Bonchev–Trinajstić information content (AvgIpc) is 3.65. The Bertz CT molecular complexity index is 1340. The molecule has 0 radical (unpaired) electrons. The van der Waals surface area contributed by atoms with Gasteiger partial charge in [-0.25, -0.2) is 17.9 Å². The second-order valence-corrected chi connectivity index (χ2v) is 15.8. The molecule has 4 unspecified atom stereocenters. The SMILES string of the molecule is CC(C)(C)OC(=O)NC(C(=O)N1CC2C(C1C(=O)NC1(C(=O)NS(=O)(=O)c3ccccc3)CC1)C2(C)C)C(C)(C)C. The minimum Gasteiger partial charge on any atom is -0.444 e. The quantitative estimate of drug-likeness (QED) is 0.442. The van der Waals surface area contributed by atoms with E-state index < -0.39 is 62.5 Å². The summed E-state index contributed by atoms with van der Waals surface area (Å²) in [6.45, 7) is 15.0. The molecule has 2 aliphatic carbocycles. The van der Waals surface area contributed by atoms with Gasteiger partial charge in [0, 0.05) is 6.54 Å². The fourth-order valence-electron chi connectivity index (χ4n) is 5.78. The van der Waals surface area contributed by atoms with Crippen molar-refractivity contribution in [3.8, 4) is 0 Å². The summed E-state index contributed by atoms with van der Waals surface area (Å²) in [5.74, 6) is -1.79. The van der Waals surface area contributed by atoms with Gasteiger partial charge in [-0.05, 0) is 68.4 Å². The molecule has 4 rings (SSSR count). The number of fused-ring (bicyclic) bond motifs is 1. The molecule has 12 heteroatoms. The smallest absolute Gasteiger partial charge is 0.408 e. The van der Waals surface area contributed by atoms with E-state index in [0.717, 1.165) is 0 Å². The minimum absolute atomic E-state index is 0.0590. The number of hydrogen-bond donors (Lipinski definition) is 3. The van der Waals surface area contributed by atoms with E-state index in [-0.39, 0.29) is 35.0 Å². The van der Waals surface area contributed by atoms with Crippen molar-refractivity contribution in [1.82, 2.24) is 20.3 Å². The van der Waals surface area contributed by atoms with Crippen molar-refractivity contribution in [1.29, 1.82) is 0 Å². The van der Waals surface area contributed by atoms with Crippen LogP contribution in [0.15, 0.2) is 35.2 Å². The molecule has 3 aliphatic rings. The summed E-state index contributed by atoms with van der Waals surface area (Å²) in [6.07, 6.45) is -0.180. The van der Waals surface area contributed by atoms with Crippen molar-refractivity contribution in [2.24, 2.45) is 22.7 Å². The monoisotopic (exact) mass is 590 g/mol. The molecule has 3 fully saturated rings. The third-order valence-electron chi connectivity index (χ3n) is 8.36. The van der Waals surface area contributed by atoms with Crippen LogP contribution >= 0.6 is 0 Å².